The fraction of sp³-hybridized carbons (Fsp3) is 0.857. The first kappa shape index (κ1) is 13.3. The summed E-state index contributed by atoms with van der Waals surface area (Å²) >= 11 is 1.88. The van der Waals surface area contributed by atoms with Gasteiger partial charge in [0.05, 0.1) is 0 Å². The van der Waals surface area contributed by atoms with Gasteiger partial charge < -0.3 is 10.0 Å². The minimum Gasteiger partial charge on any atom is -0.481 e. The Labute approximate surface area is 117 Å². The van der Waals surface area contributed by atoms with Crippen LogP contribution in [-0.4, -0.2) is 45.5 Å². The Morgan fingerprint density at radius 3 is 2.37 bits per heavy atom. The molecule has 2 bridgehead atoms. The van der Waals surface area contributed by atoms with Crippen LogP contribution in [0.1, 0.15) is 38.5 Å². The monoisotopic (exact) mass is 283 g/mol. The van der Waals surface area contributed by atoms with Crippen molar-refractivity contribution in [2.75, 3.05) is 11.5 Å². The highest BCUT2D eigenvalue weighted by atomic mass is 32.2. The van der Waals surface area contributed by atoms with Crippen molar-refractivity contribution in [1.29, 1.82) is 0 Å². The zero-order chi connectivity index (χ0) is 13.4. The van der Waals surface area contributed by atoms with Gasteiger partial charge in [-0.25, -0.2) is 0 Å². The highest BCUT2D eigenvalue weighted by molar-refractivity contribution is 7.99. The number of thioether (sulfide) groups is 1. The summed E-state index contributed by atoms with van der Waals surface area (Å²) in [5, 5.41) is 8.92. The number of carboxylic acid groups (broad SMARTS) is 1. The van der Waals surface area contributed by atoms with E-state index in [2.05, 4.69) is 4.90 Å². The topological polar surface area (TPSA) is 57.6 Å². The molecule has 3 heterocycles. The average molecular weight is 283 g/mol. The average Bonchev–Trinajstić information content (AvgIpc) is 2.95. The highest BCUT2D eigenvalue weighted by Crippen LogP contribution is 2.41. The van der Waals surface area contributed by atoms with E-state index in [1.807, 2.05) is 11.8 Å². The number of hydrogen-bond acceptors (Lipinski definition) is 3. The predicted octanol–water partition coefficient (Wildman–Crippen LogP) is 1.98. The summed E-state index contributed by atoms with van der Waals surface area (Å²) in [6.07, 6.45) is 5.24. The summed E-state index contributed by atoms with van der Waals surface area (Å²) < 4.78 is 0. The predicted molar refractivity (Wildman–Crippen MR) is 74.1 cm³/mol. The third-order valence-corrected chi connectivity index (χ3v) is 5.99. The van der Waals surface area contributed by atoms with Crippen molar-refractivity contribution in [2.24, 2.45) is 11.8 Å². The van der Waals surface area contributed by atoms with Crippen LogP contribution in [0.2, 0.25) is 0 Å². The van der Waals surface area contributed by atoms with E-state index in [1.165, 1.54) is 0 Å². The van der Waals surface area contributed by atoms with Gasteiger partial charge in [-0.05, 0) is 43.8 Å². The Balaban J connectivity index is 1.65. The molecule has 0 aromatic rings. The van der Waals surface area contributed by atoms with Gasteiger partial charge in [-0.2, -0.15) is 11.8 Å². The summed E-state index contributed by atoms with van der Waals surface area (Å²) in [6, 6.07) is 0.641. The second-order valence-electron chi connectivity index (χ2n) is 6.13. The third-order valence-electron chi connectivity index (χ3n) is 4.83. The number of carbonyl (C=O) groups excluding carboxylic acids is 1. The molecule has 0 aromatic carbocycles. The molecule has 19 heavy (non-hydrogen) atoms. The van der Waals surface area contributed by atoms with Crippen LogP contribution in [0.3, 0.4) is 0 Å². The Morgan fingerprint density at radius 2 is 1.84 bits per heavy atom. The first-order valence-corrected chi connectivity index (χ1v) is 8.42. The normalized spacial score (nSPS) is 37.6. The smallest absolute Gasteiger partial charge is 0.303 e. The van der Waals surface area contributed by atoms with Gasteiger partial charge in [-0.3, -0.25) is 9.59 Å². The maximum absolute atomic E-state index is 12.6. The van der Waals surface area contributed by atoms with E-state index in [0.717, 1.165) is 43.6 Å². The minimum absolute atomic E-state index is 0.226. The number of piperidine rings is 1. The van der Waals surface area contributed by atoms with Crippen molar-refractivity contribution in [3.63, 3.8) is 0 Å². The van der Waals surface area contributed by atoms with E-state index in [0.29, 0.717) is 18.0 Å². The molecule has 3 saturated heterocycles. The lowest BCUT2D eigenvalue weighted by Gasteiger charge is -2.40. The Bertz CT molecular complexity index is 367. The van der Waals surface area contributed by atoms with Gasteiger partial charge in [0, 0.05) is 30.2 Å². The molecule has 1 amide bonds. The van der Waals surface area contributed by atoms with E-state index in [4.69, 9.17) is 5.11 Å². The number of hydrogen-bond donors (Lipinski definition) is 1. The zero-order valence-corrected chi connectivity index (χ0v) is 11.9. The van der Waals surface area contributed by atoms with Crippen LogP contribution >= 0.6 is 11.8 Å². The highest BCUT2D eigenvalue weighted by Gasteiger charge is 2.45. The first-order valence-electron chi connectivity index (χ1n) is 7.27. The van der Waals surface area contributed by atoms with Crippen LogP contribution < -0.4 is 0 Å². The molecular weight excluding hydrogens is 262 g/mol. The maximum atomic E-state index is 12.6. The van der Waals surface area contributed by atoms with Crippen molar-refractivity contribution in [2.45, 2.75) is 50.6 Å². The molecule has 1 N–H and O–H groups in total. The number of rotatable bonds is 3. The van der Waals surface area contributed by atoms with E-state index in [9.17, 15) is 9.59 Å². The molecule has 5 heteroatoms. The standard InChI is InChI=1S/C14H21NO3S/c16-13(17)7-9-5-11-1-2-12(6-9)15(11)14(18)10-3-4-19-8-10/h9-12H,1-8H2,(H,16,17). The Morgan fingerprint density at radius 1 is 1.16 bits per heavy atom. The molecule has 0 aromatic heterocycles. The van der Waals surface area contributed by atoms with Gasteiger partial charge in [-0.15, -0.1) is 0 Å². The molecule has 3 rings (SSSR count). The lowest BCUT2D eigenvalue weighted by molar-refractivity contribution is -0.141. The molecule has 3 aliphatic heterocycles. The van der Waals surface area contributed by atoms with Crippen LogP contribution in [0.5, 0.6) is 0 Å². The maximum Gasteiger partial charge on any atom is 0.303 e. The van der Waals surface area contributed by atoms with Gasteiger partial charge in [0.1, 0.15) is 0 Å². The Hall–Kier alpha value is -0.710. The van der Waals surface area contributed by atoms with E-state index in [1.54, 1.807) is 0 Å². The summed E-state index contributed by atoms with van der Waals surface area (Å²) in [7, 11) is 0. The van der Waals surface area contributed by atoms with Gasteiger partial charge in [0.2, 0.25) is 5.91 Å². The molecule has 0 aliphatic carbocycles. The van der Waals surface area contributed by atoms with Crippen molar-refractivity contribution < 1.29 is 14.7 Å². The summed E-state index contributed by atoms with van der Waals surface area (Å²) in [4.78, 5) is 25.6. The van der Waals surface area contributed by atoms with Crippen LogP contribution in [0.4, 0.5) is 0 Å². The quantitative estimate of drug-likeness (QED) is 0.860. The second kappa shape index (κ2) is 5.35. The van der Waals surface area contributed by atoms with E-state index < -0.39 is 5.97 Å². The SMILES string of the molecule is O=C(O)CC1CC2CCC(C1)N2C(=O)C1CCSC1. The lowest BCUT2D eigenvalue weighted by atomic mass is 9.87. The molecule has 3 fully saturated rings. The van der Waals surface area contributed by atoms with Crippen molar-refractivity contribution >= 4 is 23.6 Å². The molecule has 106 valence electrons. The molecule has 0 spiro atoms. The van der Waals surface area contributed by atoms with Crippen LogP contribution in [0.25, 0.3) is 0 Å². The summed E-state index contributed by atoms with van der Waals surface area (Å²) in [6.45, 7) is 0. The number of nitrogens with zero attached hydrogens (tertiary/aromatic N) is 1. The molecule has 3 aliphatic rings. The molecular formula is C14H21NO3S. The zero-order valence-electron chi connectivity index (χ0n) is 11.1. The second-order valence-corrected chi connectivity index (χ2v) is 7.28. The lowest BCUT2D eigenvalue weighted by Crippen LogP contribution is -2.49. The van der Waals surface area contributed by atoms with Gasteiger partial charge in [-0.1, -0.05) is 0 Å². The molecule has 0 saturated carbocycles. The molecule has 4 nitrogen and oxygen atoms in total. The number of fused-ring (bicyclic) bond motifs is 2. The van der Waals surface area contributed by atoms with E-state index in [-0.39, 0.29) is 18.3 Å². The van der Waals surface area contributed by atoms with Crippen LogP contribution in [0.15, 0.2) is 0 Å². The molecule has 0 radical (unpaired) electrons. The molecule has 3 unspecified atom stereocenters. The van der Waals surface area contributed by atoms with Crippen molar-refractivity contribution in [1.82, 2.24) is 4.90 Å². The number of amides is 1. The minimum atomic E-state index is -0.698. The largest absolute Gasteiger partial charge is 0.481 e. The third kappa shape index (κ3) is 2.62. The first-order chi connectivity index (χ1) is 9.15. The molecule has 3 atom stereocenters. The fourth-order valence-electron chi connectivity index (χ4n) is 4.00. The van der Waals surface area contributed by atoms with Crippen molar-refractivity contribution in [3.05, 3.63) is 0 Å². The number of aliphatic carboxylic acids is 1. The Kier molecular flexibility index (Phi) is 3.74. The van der Waals surface area contributed by atoms with Gasteiger partial charge in [0.25, 0.3) is 0 Å². The van der Waals surface area contributed by atoms with Crippen molar-refractivity contribution in [3.8, 4) is 0 Å². The van der Waals surface area contributed by atoms with E-state index >= 15 is 0 Å². The summed E-state index contributed by atoms with van der Waals surface area (Å²) in [5.41, 5.74) is 0. The fourth-order valence-corrected chi connectivity index (χ4v) is 5.21. The number of carboxylic acids is 1. The summed E-state index contributed by atoms with van der Waals surface area (Å²) in [5.74, 6) is 2.25. The van der Waals surface area contributed by atoms with Crippen LogP contribution in [-0.2, 0) is 9.59 Å². The van der Waals surface area contributed by atoms with Gasteiger partial charge >= 0.3 is 5.97 Å². The van der Waals surface area contributed by atoms with Gasteiger partial charge in [0.15, 0.2) is 0 Å². The number of carbonyl (C=O) groups is 2. The van der Waals surface area contributed by atoms with Crippen LogP contribution in [0, 0.1) is 11.8 Å².